The molecule has 0 unspecified atom stereocenters. The molecule has 5 nitrogen and oxygen atoms in total. The van der Waals surface area contributed by atoms with Crippen molar-refractivity contribution in [3.8, 4) is 0 Å². The van der Waals surface area contributed by atoms with Gasteiger partial charge in [-0.2, -0.15) is 0 Å². The number of rotatable bonds is 20. The third-order valence-electron chi connectivity index (χ3n) is 4.60. The minimum absolute atomic E-state index is 0.558. The minimum atomic E-state index is -1.26. The van der Waals surface area contributed by atoms with E-state index in [9.17, 15) is 9.59 Å². The molecule has 0 radical (unpaired) electrons. The normalized spacial score (nSPS) is 10.4. The summed E-state index contributed by atoms with van der Waals surface area (Å²) in [6.45, 7) is 6.69. The quantitative estimate of drug-likeness (QED) is 0.126. The fourth-order valence-electron chi connectivity index (χ4n) is 2.96. The van der Waals surface area contributed by atoms with Crippen LogP contribution in [0.5, 0.6) is 0 Å². The monoisotopic (exact) mass is 412 g/mol. The van der Waals surface area contributed by atoms with E-state index in [1.54, 1.807) is 6.26 Å². The zero-order valence-corrected chi connectivity index (χ0v) is 18.6. The van der Waals surface area contributed by atoms with Crippen molar-refractivity contribution in [3.05, 3.63) is 25.0 Å². The van der Waals surface area contributed by atoms with Crippen LogP contribution in [-0.4, -0.2) is 28.8 Å². The highest BCUT2D eigenvalue weighted by atomic mass is 16.5. The van der Waals surface area contributed by atoms with Gasteiger partial charge in [-0.25, -0.2) is 9.59 Å². The van der Waals surface area contributed by atoms with E-state index in [1.165, 1.54) is 103 Å². The largest absolute Gasteiger partial charge is 0.502 e. The van der Waals surface area contributed by atoms with Gasteiger partial charge in [-0.15, -0.1) is 0 Å². The van der Waals surface area contributed by atoms with Crippen molar-refractivity contribution < 1.29 is 24.5 Å². The molecule has 0 aliphatic heterocycles. The molecule has 29 heavy (non-hydrogen) atoms. The molecule has 0 heterocycles. The Kier molecular flexibility index (Phi) is 26.6. The predicted molar refractivity (Wildman–Crippen MR) is 120 cm³/mol. The molecule has 5 heteroatoms. The zero-order valence-electron chi connectivity index (χ0n) is 18.6. The Morgan fingerprint density at radius 2 is 0.966 bits per heavy atom. The maximum atomic E-state index is 9.55. The predicted octanol–water partition coefficient (Wildman–Crippen LogP) is 7.12. The van der Waals surface area contributed by atoms with Crippen LogP contribution < -0.4 is 0 Å². The van der Waals surface area contributed by atoms with Gasteiger partial charge < -0.3 is 14.9 Å². The number of hydrogen-bond acceptors (Lipinski definition) is 3. The van der Waals surface area contributed by atoms with Crippen LogP contribution in [0.3, 0.4) is 0 Å². The molecule has 2 N–H and O–H groups in total. The molecule has 0 aliphatic carbocycles. The van der Waals surface area contributed by atoms with Gasteiger partial charge in [-0.3, -0.25) is 0 Å². The van der Waals surface area contributed by atoms with Gasteiger partial charge in [0.15, 0.2) is 0 Å². The highest BCUT2D eigenvalue weighted by Gasteiger charge is 1.94. The van der Waals surface area contributed by atoms with Crippen molar-refractivity contribution in [1.82, 2.24) is 0 Å². The summed E-state index contributed by atoms with van der Waals surface area (Å²) >= 11 is 0. The van der Waals surface area contributed by atoms with Gasteiger partial charge in [0.1, 0.15) is 0 Å². The maximum absolute atomic E-state index is 9.55. The van der Waals surface area contributed by atoms with E-state index in [0.29, 0.717) is 12.2 Å². The Morgan fingerprint density at radius 1 is 0.655 bits per heavy atom. The number of ether oxygens (including phenoxy) is 1. The Bertz CT molecular complexity index is 388. The average Bonchev–Trinajstić information content (AvgIpc) is 2.69. The number of carboxylic acids is 2. The smallest absolute Gasteiger partial charge is 0.328 e. The summed E-state index contributed by atoms with van der Waals surface area (Å²) in [5.74, 6) is -2.51. The first kappa shape index (κ1) is 29.4. The molecule has 0 rings (SSSR count). The van der Waals surface area contributed by atoms with Crippen LogP contribution in [-0.2, 0) is 14.3 Å². The van der Waals surface area contributed by atoms with E-state index in [2.05, 4.69) is 13.5 Å². The number of carbonyl (C=O) groups is 2. The van der Waals surface area contributed by atoms with Crippen LogP contribution in [0.2, 0.25) is 0 Å². The summed E-state index contributed by atoms with van der Waals surface area (Å²) in [5.41, 5.74) is 0. The van der Waals surface area contributed by atoms with Crippen LogP contribution in [0.25, 0.3) is 0 Å². The zero-order chi connectivity index (χ0) is 22.0. The molecule has 0 fully saturated rings. The fourth-order valence-corrected chi connectivity index (χ4v) is 2.96. The third-order valence-corrected chi connectivity index (χ3v) is 4.60. The Balaban J connectivity index is 0. The van der Waals surface area contributed by atoms with Crippen molar-refractivity contribution in [2.24, 2.45) is 0 Å². The highest BCUT2D eigenvalue weighted by molar-refractivity contribution is 5.89. The number of carboxylic acid groups (broad SMARTS) is 2. The van der Waals surface area contributed by atoms with Gasteiger partial charge in [-0.1, -0.05) is 110 Å². The second-order valence-electron chi connectivity index (χ2n) is 7.35. The summed E-state index contributed by atoms with van der Waals surface area (Å²) in [6, 6.07) is 0. The van der Waals surface area contributed by atoms with Crippen LogP contribution in [0.4, 0.5) is 0 Å². The third kappa shape index (κ3) is 34.2. The molecule has 0 aliphatic rings. The first-order valence-electron chi connectivity index (χ1n) is 11.4. The Hall–Kier alpha value is -1.78. The minimum Gasteiger partial charge on any atom is -0.502 e. The summed E-state index contributed by atoms with van der Waals surface area (Å²) < 4.78 is 5.12. The van der Waals surface area contributed by atoms with Gasteiger partial charge in [0.2, 0.25) is 0 Å². The summed E-state index contributed by atoms with van der Waals surface area (Å²) in [6.07, 6.45) is 25.3. The van der Waals surface area contributed by atoms with E-state index in [0.717, 1.165) is 6.61 Å². The van der Waals surface area contributed by atoms with Gasteiger partial charge in [-0.05, 0) is 6.42 Å². The van der Waals surface area contributed by atoms with Crippen molar-refractivity contribution in [2.45, 2.75) is 110 Å². The van der Waals surface area contributed by atoms with Gasteiger partial charge in [0.05, 0.1) is 12.9 Å². The lowest BCUT2D eigenvalue weighted by molar-refractivity contribution is -0.134. The Labute approximate surface area is 178 Å². The van der Waals surface area contributed by atoms with Crippen LogP contribution >= 0.6 is 0 Å². The molecule has 0 aromatic rings. The van der Waals surface area contributed by atoms with E-state index < -0.39 is 11.9 Å². The topological polar surface area (TPSA) is 83.8 Å². The summed E-state index contributed by atoms with van der Waals surface area (Å²) in [4.78, 5) is 19.1. The van der Waals surface area contributed by atoms with Gasteiger partial charge >= 0.3 is 11.9 Å². The molecule has 0 amide bonds. The maximum Gasteiger partial charge on any atom is 0.328 e. The van der Waals surface area contributed by atoms with Crippen molar-refractivity contribution in [3.63, 3.8) is 0 Å². The molecule has 0 saturated carbocycles. The highest BCUT2D eigenvalue weighted by Crippen LogP contribution is 2.13. The molecule has 0 bridgehead atoms. The lowest BCUT2D eigenvalue weighted by Gasteiger charge is -2.03. The standard InChI is InChI=1S/C20H40O.C4H4O4/c1-3-5-6-7-8-9-10-11-12-13-14-15-16-17-18-19-20-21-4-2;5-3(6)1-2-4(7)8/h4H,2-3,5-20H2,1H3;1-2H,(H,5,6)(H,7,8)/b;2-1-. The molecule has 0 spiro atoms. The molecular weight excluding hydrogens is 368 g/mol. The molecule has 0 saturated heterocycles. The van der Waals surface area contributed by atoms with Crippen LogP contribution in [0.15, 0.2) is 25.0 Å². The van der Waals surface area contributed by atoms with Crippen molar-refractivity contribution >= 4 is 11.9 Å². The van der Waals surface area contributed by atoms with Gasteiger partial charge in [0, 0.05) is 12.2 Å². The second-order valence-corrected chi connectivity index (χ2v) is 7.35. The second kappa shape index (κ2) is 26.2. The summed E-state index contributed by atoms with van der Waals surface area (Å²) in [7, 11) is 0. The summed E-state index contributed by atoms with van der Waals surface area (Å²) in [5, 5.41) is 15.6. The van der Waals surface area contributed by atoms with E-state index >= 15 is 0 Å². The van der Waals surface area contributed by atoms with Crippen molar-refractivity contribution in [1.29, 1.82) is 0 Å². The fraction of sp³-hybridized carbons (Fsp3) is 0.750. The first-order valence-corrected chi connectivity index (χ1v) is 11.4. The first-order chi connectivity index (χ1) is 14.0. The number of hydrogen-bond donors (Lipinski definition) is 2. The van der Waals surface area contributed by atoms with E-state index in [4.69, 9.17) is 14.9 Å². The van der Waals surface area contributed by atoms with Crippen molar-refractivity contribution in [2.75, 3.05) is 6.61 Å². The van der Waals surface area contributed by atoms with E-state index in [-0.39, 0.29) is 0 Å². The number of aliphatic carboxylic acids is 2. The average molecular weight is 413 g/mol. The molecule has 0 aromatic heterocycles. The molecule has 0 aromatic carbocycles. The molecular formula is C24H44O5. The van der Waals surface area contributed by atoms with E-state index in [1.807, 2.05) is 0 Å². The number of unbranched alkanes of at least 4 members (excludes halogenated alkanes) is 15. The molecule has 170 valence electrons. The lowest BCUT2D eigenvalue weighted by Crippen LogP contribution is -1.91. The van der Waals surface area contributed by atoms with Gasteiger partial charge in [0.25, 0.3) is 0 Å². The Morgan fingerprint density at radius 3 is 1.24 bits per heavy atom. The van der Waals surface area contributed by atoms with Crippen LogP contribution in [0, 0.1) is 0 Å². The van der Waals surface area contributed by atoms with Crippen LogP contribution in [0.1, 0.15) is 110 Å². The SMILES string of the molecule is C=COCCCCCCCCCCCCCCCCCC.O=C(O)/C=C\C(=O)O. The molecule has 0 atom stereocenters. The lowest BCUT2D eigenvalue weighted by atomic mass is 10.0.